The molecule has 1 radical (unpaired) electrons. The second kappa shape index (κ2) is 3.79. The minimum absolute atomic E-state index is 0. The maximum absolute atomic E-state index is 8.95. The summed E-state index contributed by atoms with van der Waals surface area (Å²) in [5, 5.41) is 0. The van der Waals surface area contributed by atoms with E-state index in [1.54, 1.807) is 0 Å². The summed E-state index contributed by atoms with van der Waals surface area (Å²) >= 11 is 0. The molecule has 0 atom stereocenters. The molecule has 33 valence electrons. The maximum Gasteiger partial charge on any atom is 0.353 e. The van der Waals surface area contributed by atoms with Gasteiger partial charge in [0, 0.05) is 62.1 Å². The molecule has 0 spiro atoms. The number of hydrogen-bond acceptors (Lipinski definition) is 2. The summed E-state index contributed by atoms with van der Waals surface area (Å²) in [6.45, 7) is 0. The molecule has 3 nitrogen and oxygen atoms in total. The zero-order valence-electron chi connectivity index (χ0n) is 3.05. The van der Waals surface area contributed by atoms with Gasteiger partial charge < -0.3 is 0 Å². The van der Waals surface area contributed by atoms with Gasteiger partial charge in [-0.3, -0.25) is 4.55 Å². The van der Waals surface area contributed by atoms with E-state index in [9.17, 15) is 0 Å². The zero-order valence-corrected chi connectivity index (χ0v) is 7.75. The van der Waals surface area contributed by atoms with Gasteiger partial charge >= 0.3 is 9.33 Å². The van der Waals surface area contributed by atoms with Gasteiger partial charge in [-0.15, -0.1) is 0 Å². The van der Waals surface area contributed by atoms with Gasteiger partial charge in [0.2, 0.25) is 0 Å². The predicted octanol–water partition coefficient (Wildman–Crippen LogP) is -0.353. The molecule has 0 bridgehead atoms. The molecule has 0 aliphatic heterocycles. The number of rotatable bonds is 0. The van der Waals surface area contributed by atoms with E-state index in [0.717, 1.165) is 0 Å². The van der Waals surface area contributed by atoms with Crippen molar-refractivity contribution in [2.75, 3.05) is 0 Å². The third-order valence-corrected chi connectivity index (χ3v) is 0. The van der Waals surface area contributed by atoms with E-state index in [1.807, 2.05) is 0 Å². The molecule has 6 heavy (non-hydrogen) atoms. The molecular weight excluding hydrogens is 155 g/mol. The number of halogens is 1. The maximum atomic E-state index is 8.95. The topological polar surface area (TPSA) is 54.4 Å². The third kappa shape index (κ3) is 40.5. The monoisotopic (exact) mass is 155 g/mol. The quantitative estimate of drug-likeness (QED) is 0.296. The van der Waals surface area contributed by atoms with Crippen LogP contribution in [-0.4, -0.2) is 64.4 Å². The summed E-state index contributed by atoms with van der Waals surface area (Å²) in [7, 11) is -0.137. The fourth-order valence-electron chi connectivity index (χ4n) is 0. The van der Waals surface area contributed by atoms with E-state index in [-0.39, 0.29) is 51.4 Å². The third-order valence-electron chi connectivity index (χ3n) is 0. The minimum Gasteiger partial charge on any atom is -0.273 e. The van der Waals surface area contributed by atoms with E-state index < -0.39 is 9.33 Å². The van der Waals surface area contributed by atoms with Crippen LogP contribution in [0.2, 0.25) is 0 Å². The average Bonchev–Trinajstić information content (AvgIpc) is 0.722. The molecule has 0 aliphatic rings. The van der Waals surface area contributed by atoms with Crippen molar-refractivity contribution in [3.8, 4) is 0 Å². The molecule has 0 saturated carbocycles. The van der Waals surface area contributed by atoms with E-state index in [4.69, 9.17) is 13.0 Å². The van der Waals surface area contributed by atoms with E-state index >= 15 is 0 Å². The van der Waals surface area contributed by atoms with Crippen LogP contribution in [0.25, 0.3) is 0 Å². The molecular formula is HClKO3S. The van der Waals surface area contributed by atoms with Crippen LogP contribution in [0.3, 0.4) is 0 Å². The van der Waals surface area contributed by atoms with E-state index in [0.29, 0.717) is 0 Å². The van der Waals surface area contributed by atoms with Crippen molar-refractivity contribution in [2.24, 2.45) is 0 Å². The average molecular weight is 156 g/mol. The summed E-state index contributed by atoms with van der Waals surface area (Å²) in [6.07, 6.45) is 0. The Morgan fingerprint density at radius 3 is 1.50 bits per heavy atom. The summed E-state index contributed by atoms with van der Waals surface area (Å²) in [4.78, 5) is 0. The molecule has 0 saturated heterocycles. The Balaban J connectivity index is 0. The Labute approximate surface area is 82.7 Å². The van der Waals surface area contributed by atoms with Crippen molar-refractivity contribution in [1.29, 1.82) is 0 Å². The van der Waals surface area contributed by atoms with Crippen LogP contribution in [0.1, 0.15) is 0 Å². The first-order valence-corrected chi connectivity index (χ1v) is 2.94. The second-order valence-corrected chi connectivity index (χ2v) is 2.41. The van der Waals surface area contributed by atoms with Crippen molar-refractivity contribution < 1.29 is 13.0 Å². The Morgan fingerprint density at radius 2 is 1.50 bits per heavy atom. The smallest absolute Gasteiger partial charge is 0.273 e. The minimum atomic E-state index is -4.19. The molecule has 0 aromatic carbocycles. The fraction of sp³-hybridized carbons (Fsp3) is 0. The largest absolute Gasteiger partial charge is 0.353 e. The Hall–Kier alpha value is 1.84. The normalized spacial score (nSPS) is 9.67. The molecule has 0 amide bonds. The van der Waals surface area contributed by atoms with Crippen molar-refractivity contribution in [1.82, 2.24) is 0 Å². The van der Waals surface area contributed by atoms with Crippen LogP contribution >= 0.6 is 10.7 Å². The van der Waals surface area contributed by atoms with Gasteiger partial charge in [0.1, 0.15) is 0 Å². The molecule has 0 aromatic rings. The van der Waals surface area contributed by atoms with Crippen LogP contribution in [0.15, 0.2) is 0 Å². The molecule has 0 fully saturated rings. The van der Waals surface area contributed by atoms with Crippen molar-refractivity contribution in [3.05, 3.63) is 0 Å². The molecule has 1 N–H and O–H groups in total. The summed E-state index contributed by atoms with van der Waals surface area (Å²) in [5.74, 6) is 0. The van der Waals surface area contributed by atoms with Crippen LogP contribution < -0.4 is 0 Å². The van der Waals surface area contributed by atoms with Crippen LogP contribution in [0.4, 0.5) is 0 Å². The number of hydrogen-bond donors (Lipinski definition) is 1. The molecule has 0 rings (SSSR count). The molecule has 0 heterocycles. The molecule has 6 heteroatoms. The summed E-state index contributed by atoms with van der Waals surface area (Å²) in [5.41, 5.74) is 0. The SMILES string of the molecule is O=S(=O)(O)Cl.[K]. The molecule has 0 aliphatic carbocycles. The van der Waals surface area contributed by atoms with Gasteiger partial charge in [-0.25, -0.2) is 0 Å². The van der Waals surface area contributed by atoms with Crippen LogP contribution in [0.5, 0.6) is 0 Å². The van der Waals surface area contributed by atoms with Crippen molar-refractivity contribution >= 4 is 71.4 Å². The molecule has 0 unspecified atom stereocenters. The van der Waals surface area contributed by atoms with E-state index in [1.165, 1.54) is 0 Å². The van der Waals surface area contributed by atoms with Gasteiger partial charge in [-0.2, -0.15) is 8.42 Å². The van der Waals surface area contributed by atoms with Gasteiger partial charge in [0.05, 0.1) is 0 Å². The summed E-state index contributed by atoms with van der Waals surface area (Å²) < 4.78 is 25.2. The van der Waals surface area contributed by atoms with Gasteiger partial charge in [-0.1, -0.05) is 0 Å². The van der Waals surface area contributed by atoms with Gasteiger partial charge in [-0.05, 0) is 0 Å². The Kier molecular flexibility index (Phi) is 6.80. The first-order valence-electron chi connectivity index (χ1n) is 0.670. The van der Waals surface area contributed by atoms with Gasteiger partial charge in [0.15, 0.2) is 0 Å². The Morgan fingerprint density at radius 1 is 1.50 bits per heavy atom. The fourth-order valence-corrected chi connectivity index (χ4v) is 0. The van der Waals surface area contributed by atoms with Crippen molar-refractivity contribution in [2.45, 2.75) is 0 Å². The molecule has 0 aromatic heterocycles. The van der Waals surface area contributed by atoms with Gasteiger partial charge in [0.25, 0.3) is 0 Å². The van der Waals surface area contributed by atoms with Crippen LogP contribution in [0, 0.1) is 0 Å². The first-order chi connectivity index (χ1) is 2.00. The first kappa shape index (κ1) is 10.8. The van der Waals surface area contributed by atoms with Crippen molar-refractivity contribution in [3.63, 3.8) is 0 Å². The second-order valence-electron chi connectivity index (χ2n) is 0.412. The standard InChI is InChI=1S/ClHO3S.K/c1-5(2,3)4;/h(H,2,3,4);. The summed E-state index contributed by atoms with van der Waals surface area (Å²) in [6, 6.07) is 0. The Bertz CT molecular complexity index is 94.0. The predicted molar refractivity (Wildman–Crippen MR) is 23.2 cm³/mol. The van der Waals surface area contributed by atoms with E-state index in [2.05, 4.69) is 10.7 Å². The van der Waals surface area contributed by atoms with Crippen LogP contribution in [-0.2, 0) is 9.33 Å². The zero-order chi connectivity index (χ0) is 4.50.